The zero-order valence-corrected chi connectivity index (χ0v) is 11.4. The molecule has 2 heteroatoms. The van der Waals surface area contributed by atoms with Gasteiger partial charge in [0.25, 0.3) is 0 Å². The van der Waals surface area contributed by atoms with Gasteiger partial charge in [-0.25, -0.2) is 0 Å². The summed E-state index contributed by atoms with van der Waals surface area (Å²) in [6.07, 6.45) is 14.5. The molecule has 17 heavy (non-hydrogen) atoms. The van der Waals surface area contributed by atoms with E-state index in [-0.39, 0.29) is 11.6 Å². The van der Waals surface area contributed by atoms with Crippen LogP contribution in [0.2, 0.25) is 0 Å². The molecule has 1 unspecified atom stereocenters. The first-order valence-electron chi connectivity index (χ1n) is 7.57. The minimum Gasteiger partial charge on any atom is -0.377 e. The fraction of sp³-hybridized carbons (Fsp3) is 1.00. The Kier molecular flexibility index (Phi) is 4.87. The third-order valence-corrected chi connectivity index (χ3v) is 5.09. The highest BCUT2D eigenvalue weighted by Crippen LogP contribution is 2.37. The SMILES string of the molecule is COC1(C(N)CC2CCCC2)CCCCCC1. The van der Waals surface area contributed by atoms with Gasteiger partial charge in [0.1, 0.15) is 0 Å². The molecule has 2 rings (SSSR count). The van der Waals surface area contributed by atoms with Gasteiger partial charge in [-0.3, -0.25) is 0 Å². The molecule has 2 aliphatic carbocycles. The van der Waals surface area contributed by atoms with E-state index in [1.54, 1.807) is 0 Å². The van der Waals surface area contributed by atoms with Crippen molar-refractivity contribution < 1.29 is 4.74 Å². The average molecular weight is 239 g/mol. The van der Waals surface area contributed by atoms with Crippen LogP contribution in [0.5, 0.6) is 0 Å². The molecule has 0 bridgehead atoms. The highest BCUT2D eigenvalue weighted by molar-refractivity contribution is 4.94. The van der Waals surface area contributed by atoms with Crippen molar-refractivity contribution in [1.82, 2.24) is 0 Å². The van der Waals surface area contributed by atoms with Crippen LogP contribution in [0.25, 0.3) is 0 Å². The lowest BCUT2D eigenvalue weighted by molar-refractivity contribution is -0.0481. The predicted octanol–water partition coefficient (Wildman–Crippen LogP) is 3.63. The summed E-state index contributed by atoms with van der Waals surface area (Å²) in [5, 5.41) is 0. The van der Waals surface area contributed by atoms with Gasteiger partial charge in [0, 0.05) is 13.2 Å². The maximum Gasteiger partial charge on any atom is 0.0828 e. The zero-order chi connectivity index (χ0) is 12.1. The number of hydrogen-bond donors (Lipinski definition) is 1. The lowest BCUT2D eigenvalue weighted by Gasteiger charge is -2.38. The van der Waals surface area contributed by atoms with Gasteiger partial charge < -0.3 is 10.5 Å². The number of nitrogens with two attached hydrogens (primary N) is 1. The highest BCUT2D eigenvalue weighted by atomic mass is 16.5. The average Bonchev–Trinajstić information content (AvgIpc) is 2.72. The molecule has 0 radical (unpaired) electrons. The summed E-state index contributed by atoms with van der Waals surface area (Å²) in [4.78, 5) is 0. The van der Waals surface area contributed by atoms with Crippen LogP contribution in [0.1, 0.15) is 70.6 Å². The first-order chi connectivity index (χ1) is 8.27. The monoisotopic (exact) mass is 239 g/mol. The van der Waals surface area contributed by atoms with Crippen molar-refractivity contribution in [3.8, 4) is 0 Å². The molecule has 2 nitrogen and oxygen atoms in total. The van der Waals surface area contributed by atoms with Gasteiger partial charge in [0.05, 0.1) is 5.60 Å². The summed E-state index contributed by atoms with van der Waals surface area (Å²) in [6.45, 7) is 0. The Balaban J connectivity index is 1.94. The third kappa shape index (κ3) is 3.23. The lowest BCUT2D eigenvalue weighted by atomic mass is 9.81. The molecular formula is C15H29NO. The van der Waals surface area contributed by atoms with Crippen LogP contribution in [-0.4, -0.2) is 18.8 Å². The van der Waals surface area contributed by atoms with Crippen molar-refractivity contribution in [3.05, 3.63) is 0 Å². The van der Waals surface area contributed by atoms with Gasteiger partial charge >= 0.3 is 0 Å². The van der Waals surface area contributed by atoms with E-state index >= 15 is 0 Å². The van der Waals surface area contributed by atoms with E-state index in [0.29, 0.717) is 0 Å². The van der Waals surface area contributed by atoms with Crippen molar-refractivity contribution >= 4 is 0 Å². The third-order valence-electron chi connectivity index (χ3n) is 5.09. The quantitative estimate of drug-likeness (QED) is 0.760. The molecule has 0 heterocycles. The molecule has 0 aromatic rings. The molecule has 2 fully saturated rings. The summed E-state index contributed by atoms with van der Waals surface area (Å²) in [7, 11) is 1.87. The van der Waals surface area contributed by atoms with Crippen LogP contribution in [0, 0.1) is 5.92 Å². The van der Waals surface area contributed by atoms with Gasteiger partial charge in [-0.05, 0) is 25.2 Å². The number of methoxy groups -OCH3 is 1. The molecule has 1 atom stereocenters. The first-order valence-corrected chi connectivity index (χ1v) is 7.57. The van der Waals surface area contributed by atoms with Gasteiger partial charge in [0.15, 0.2) is 0 Å². The van der Waals surface area contributed by atoms with Gasteiger partial charge in [0.2, 0.25) is 0 Å². The molecule has 100 valence electrons. The van der Waals surface area contributed by atoms with Crippen molar-refractivity contribution in [1.29, 1.82) is 0 Å². The largest absolute Gasteiger partial charge is 0.377 e. The molecule has 0 saturated heterocycles. The van der Waals surface area contributed by atoms with Crippen LogP contribution < -0.4 is 5.73 Å². The number of ether oxygens (including phenoxy) is 1. The predicted molar refractivity (Wildman–Crippen MR) is 72.0 cm³/mol. The van der Waals surface area contributed by atoms with Gasteiger partial charge in [-0.1, -0.05) is 51.4 Å². The molecular weight excluding hydrogens is 210 g/mol. The molecule has 0 aliphatic heterocycles. The van der Waals surface area contributed by atoms with E-state index < -0.39 is 0 Å². The topological polar surface area (TPSA) is 35.2 Å². The van der Waals surface area contributed by atoms with Crippen molar-refractivity contribution in [3.63, 3.8) is 0 Å². The Morgan fingerprint density at radius 2 is 1.65 bits per heavy atom. The van der Waals surface area contributed by atoms with Crippen LogP contribution in [0.15, 0.2) is 0 Å². The summed E-state index contributed by atoms with van der Waals surface area (Å²) >= 11 is 0. The Morgan fingerprint density at radius 3 is 2.18 bits per heavy atom. The Bertz CT molecular complexity index is 215. The fourth-order valence-corrected chi connectivity index (χ4v) is 3.87. The molecule has 0 spiro atoms. The van der Waals surface area contributed by atoms with E-state index in [2.05, 4.69) is 0 Å². The van der Waals surface area contributed by atoms with E-state index in [0.717, 1.165) is 5.92 Å². The Hall–Kier alpha value is -0.0800. The smallest absolute Gasteiger partial charge is 0.0828 e. The fourth-order valence-electron chi connectivity index (χ4n) is 3.87. The maximum atomic E-state index is 6.52. The van der Waals surface area contributed by atoms with Crippen LogP contribution in [-0.2, 0) is 4.74 Å². The molecule has 0 amide bonds. The van der Waals surface area contributed by atoms with Crippen LogP contribution in [0.3, 0.4) is 0 Å². The van der Waals surface area contributed by atoms with Crippen molar-refractivity contribution in [2.75, 3.05) is 7.11 Å². The first kappa shape index (κ1) is 13.4. The second-order valence-corrected chi connectivity index (χ2v) is 6.18. The normalized spacial score (nSPS) is 27.9. The minimum absolute atomic E-state index is 0.000903. The standard InChI is InChI=1S/C15H29NO/c1-17-15(10-6-2-3-7-11-15)14(16)12-13-8-4-5-9-13/h13-14H,2-12,16H2,1H3. The van der Waals surface area contributed by atoms with Crippen molar-refractivity contribution in [2.45, 2.75) is 82.3 Å². The summed E-state index contributed by atoms with van der Waals surface area (Å²) in [5.74, 6) is 0.875. The number of rotatable bonds is 4. The Labute approximate surface area is 106 Å². The van der Waals surface area contributed by atoms with Gasteiger partial charge in [-0.2, -0.15) is 0 Å². The van der Waals surface area contributed by atoms with Crippen LogP contribution >= 0.6 is 0 Å². The van der Waals surface area contributed by atoms with E-state index in [9.17, 15) is 0 Å². The van der Waals surface area contributed by atoms with E-state index in [1.807, 2.05) is 7.11 Å². The summed E-state index contributed by atoms with van der Waals surface area (Å²) in [6, 6.07) is 0.258. The Morgan fingerprint density at radius 1 is 1.06 bits per heavy atom. The maximum absolute atomic E-state index is 6.52. The molecule has 0 aromatic heterocycles. The van der Waals surface area contributed by atoms with E-state index in [4.69, 9.17) is 10.5 Å². The van der Waals surface area contributed by atoms with E-state index in [1.165, 1.54) is 70.6 Å². The molecule has 2 N–H and O–H groups in total. The summed E-state index contributed by atoms with van der Waals surface area (Å²) < 4.78 is 5.91. The molecule has 0 aromatic carbocycles. The second kappa shape index (κ2) is 6.19. The van der Waals surface area contributed by atoms with Gasteiger partial charge in [-0.15, -0.1) is 0 Å². The van der Waals surface area contributed by atoms with Crippen molar-refractivity contribution in [2.24, 2.45) is 11.7 Å². The van der Waals surface area contributed by atoms with Crippen LogP contribution in [0.4, 0.5) is 0 Å². The molecule has 2 aliphatic rings. The second-order valence-electron chi connectivity index (χ2n) is 6.18. The summed E-state index contributed by atoms with van der Waals surface area (Å²) in [5.41, 5.74) is 6.52. The zero-order valence-electron chi connectivity index (χ0n) is 11.4. The number of hydrogen-bond acceptors (Lipinski definition) is 2. The highest BCUT2D eigenvalue weighted by Gasteiger charge is 2.38. The molecule has 2 saturated carbocycles. The lowest BCUT2D eigenvalue weighted by Crippen LogP contribution is -2.50. The minimum atomic E-state index is -0.000903.